The van der Waals surface area contributed by atoms with Gasteiger partial charge >= 0.3 is 0 Å². The summed E-state index contributed by atoms with van der Waals surface area (Å²) in [5.74, 6) is 0. The fraction of sp³-hybridized carbons (Fsp3) is 0.0976. The van der Waals surface area contributed by atoms with Crippen molar-refractivity contribution in [3.05, 3.63) is 260 Å². The van der Waals surface area contributed by atoms with E-state index in [1.807, 2.05) is 0 Å². The molecule has 18 rings (SSSR count). The molecule has 0 spiro atoms. The Kier molecular flexibility index (Phi) is 10.1. The predicted octanol–water partition coefficient (Wildman–Crippen LogP) is 20.7. The van der Waals surface area contributed by atoms with Gasteiger partial charge in [-0.3, -0.25) is 0 Å². The maximum atomic E-state index is 7.72. The molecule has 0 fully saturated rings. The van der Waals surface area contributed by atoms with Crippen LogP contribution in [0.5, 0.6) is 0 Å². The maximum Gasteiger partial charge on any atom is 0.297 e. The fourth-order valence-electron chi connectivity index (χ4n) is 15.5. The molecule has 16 aromatic rings. The standard InChI is InChI=1S/C82H59BN2O/c1-81(2,3)51-36-39-53(40-37-51)84-69-44-50(72-54(48-22-9-7-10-23-48)34-21-35-55(72)49-24-11-8-12-25-49)45-70-77(69)83(80-78(84)66-46-52(82(4,5)6)38-43-71(66)86-80)67-47-65-61-31-16-14-27-57(61)59-29-18-20-33-63(59)74(65)76-75-68(85(70)79(67)76)42-41-64-60-30-15-13-26-56(60)58-28-17-19-32-62(58)73(64)75/h7-47H,1-6H3. The van der Waals surface area contributed by atoms with Crippen molar-refractivity contribution in [1.29, 1.82) is 0 Å². The van der Waals surface area contributed by atoms with Crippen molar-refractivity contribution in [3.63, 3.8) is 0 Å². The summed E-state index contributed by atoms with van der Waals surface area (Å²) < 4.78 is 10.4. The minimum atomic E-state index is -0.296. The lowest BCUT2D eigenvalue weighted by Gasteiger charge is -2.39. The van der Waals surface area contributed by atoms with Crippen LogP contribution < -0.4 is 21.5 Å². The van der Waals surface area contributed by atoms with Crippen LogP contribution in [0.3, 0.4) is 0 Å². The minimum absolute atomic E-state index is 0.0423. The molecule has 3 nitrogen and oxygen atoms in total. The number of fused-ring (bicyclic) bond motifs is 23. The maximum absolute atomic E-state index is 7.72. The van der Waals surface area contributed by atoms with Gasteiger partial charge in [-0.05, 0) is 163 Å². The van der Waals surface area contributed by atoms with Crippen LogP contribution >= 0.6 is 0 Å². The van der Waals surface area contributed by atoms with Crippen LogP contribution in [0.25, 0.3) is 136 Å². The summed E-state index contributed by atoms with van der Waals surface area (Å²) in [6, 6.07) is 94.3. The van der Waals surface area contributed by atoms with E-state index in [4.69, 9.17) is 4.42 Å². The topological polar surface area (TPSA) is 21.3 Å². The van der Waals surface area contributed by atoms with Gasteiger partial charge in [-0.1, -0.05) is 248 Å². The van der Waals surface area contributed by atoms with Gasteiger partial charge in [-0.15, -0.1) is 0 Å². The van der Waals surface area contributed by atoms with E-state index in [0.29, 0.717) is 0 Å². The lowest BCUT2D eigenvalue weighted by Crippen LogP contribution is -2.60. The van der Waals surface area contributed by atoms with Gasteiger partial charge in [0.2, 0.25) is 0 Å². The molecule has 14 aromatic carbocycles. The van der Waals surface area contributed by atoms with E-state index in [-0.39, 0.29) is 17.5 Å². The summed E-state index contributed by atoms with van der Waals surface area (Å²) in [5, 5.41) is 18.8. The van der Waals surface area contributed by atoms with Gasteiger partial charge in [0.1, 0.15) is 5.58 Å². The molecule has 4 heterocycles. The van der Waals surface area contributed by atoms with Gasteiger partial charge < -0.3 is 13.9 Å². The molecule has 86 heavy (non-hydrogen) atoms. The van der Waals surface area contributed by atoms with Crippen molar-refractivity contribution in [2.45, 2.75) is 52.4 Å². The lowest BCUT2D eigenvalue weighted by molar-refractivity contribution is 0.590. The summed E-state index contributed by atoms with van der Waals surface area (Å²) in [7, 11) is 0. The fourth-order valence-corrected chi connectivity index (χ4v) is 15.5. The zero-order chi connectivity index (χ0) is 57.5. The first-order chi connectivity index (χ1) is 42.0. The van der Waals surface area contributed by atoms with Gasteiger partial charge in [0, 0.05) is 44.0 Å². The van der Waals surface area contributed by atoms with Crippen LogP contribution in [0, 0.1) is 0 Å². The quantitative estimate of drug-likeness (QED) is 0.129. The van der Waals surface area contributed by atoms with Crippen LogP contribution in [0.15, 0.2) is 253 Å². The second-order valence-electron chi connectivity index (χ2n) is 26.2. The van der Waals surface area contributed by atoms with E-state index in [0.717, 1.165) is 44.9 Å². The number of anilines is 3. The first-order valence-electron chi connectivity index (χ1n) is 30.4. The molecule has 0 saturated heterocycles. The normalized spacial score (nSPS) is 13.2. The molecule has 0 bridgehead atoms. The first-order valence-corrected chi connectivity index (χ1v) is 30.4. The average molecular weight is 1100 g/mol. The van der Waals surface area contributed by atoms with Crippen molar-refractivity contribution in [2.24, 2.45) is 0 Å². The molecule has 0 N–H and O–H groups in total. The number of furan rings is 1. The monoisotopic (exact) mass is 1100 g/mol. The highest BCUT2D eigenvalue weighted by Crippen LogP contribution is 2.53. The Morgan fingerprint density at radius 3 is 1.42 bits per heavy atom. The minimum Gasteiger partial charge on any atom is -0.468 e. The van der Waals surface area contributed by atoms with Crippen LogP contribution in [-0.2, 0) is 10.8 Å². The molecule has 2 aliphatic rings. The van der Waals surface area contributed by atoms with Gasteiger partial charge in [-0.25, -0.2) is 0 Å². The first kappa shape index (κ1) is 49.3. The Morgan fingerprint density at radius 2 is 0.849 bits per heavy atom. The van der Waals surface area contributed by atoms with Gasteiger partial charge in [0.05, 0.1) is 22.4 Å². The van der Waals surface area contributed by atoms with Gasteiger partial charge in [0.15, 0.2) is 0 Å². The summed E-state index contributed by atoms with van der Waals surface area (Å²) in [6.45, 7) is 13.6. The highest BCUT2D eigenvalue weighted by molar-refractivity contribution is 7.00. The van der Waals surface area contributed by atoms with E-state index < -0.39 is 0 Å². The Balaban J connectivity index is 1.11. The number of nitrogens with zero attached hydrogens (tertiary/aromatic N) is 2. The predicted molar refractivity (Wildman–Crippen MR) is 369 cm³/mol. The lowest BCUT2D eigenvalue weighted by atomic mass is 9.35. The third-order valence-electron chi connectivity index (χ3n) is 19.4. The second-order valence-corrected chi connectivity index (χ2v) is 26.2. The molecular formula is C82H59BN2O. The molecule has 0 radical (unpaired) electrons. The van der Waals surface area contributed by atoms with Crippen molar-refractivity contribution in [1.82, 2.24) is 4.57 Å². The second kappa shape index (κ2) is 17.7. The van der Waals surface area contributed by atoms with Crippen LogP contribution in [0.4, 0.5) is 17.1 Å². The molecule has 4 heteroatoms. The third kappa shape index (κ3) is 6.81. The van der Waals surface area contributed by atoms with Gasteiger partial charge in [0.25, 0.3) is 6.71 Å². The Labute approximate surface area is 500 Å². The smallest absolute Gasteiger partial charge is 0.297 e. The van der Waals surface area contributed by atoms with Crippen LogP contribution in [0.1, 0.15) is 52.7 Å². The molecule has 0 atom stereocenters. The molecule has 0 saturated carbocycles. The molecule has 0 aliphatic carbocycles. The largest absolute Gasteiger partial charge is 0.468 e. The molecule has 2 aliphatic heterocycles. The van der Waals surface area contributed by atoms with E-state index in [1.54, 1.807) is 0 Å². The van der Waals surface area contributed by atoms with E-state index in [1.165, 1.54) is 136 Å². The summed E-state index contributed by atoms with van der Waals surface area (Å²) >= 11 is 0. The Hall–Kier alpha value is -10.2. The summed E-state index contributed by atoms with van der Waals surface area (Å²) in [6.07, 6.45) is 0. The zero-order valence-electron chi connectivity index (χ0n) is 49.1. The molecule has 0 amide bonds. The van der Waals surface area contributed by atoms with Crippen LogP contribution in [0.2, 0.25) is 0 Å². The molecule has 406 valence electrons. The van der Waals surface area contributed by atoms with E-state index in [2.05, 4.69) is 300 Å². The Morgan fingerprint density at radius 1 is 0.360 bits per heavy atom. The zero-order valence-corrected chi connectivity index (χ0v) is 49.1. The van der Waals surface area contributed by atoms with Gasteiger partial charge in [-0.2, -0.15) is 0 Å². The van der Waals surface area contributed by atoms with Crippen molar-refractivity contribution in [2.75, 3.05) is 4.90 Å². The molecular weight excluding hydrogens is 1040 g/mol. The number of rotatable bonds is 4. The molecule has 0 unspecified atom stereocenters. The van der Waals surface area contributed by atoms with Crippen molar-refractivity contribution in [3.8, 4) is 39.1 Å². The third-order valence-corrected chi connectivity index (χ3v) is 19.4. The van der Waals surface area contributed by atoms with Crippen molar-refractivity contribution >= 4 is 138 Å². The number of hydrogen-bond acceptors (Lipinski definition) is 2. The molecule has 2 aromatic heterocycles. The van der Waals surface area contributed by atoms with Crippen molar-refractivity contribution < 1.29 is 4.42 Å². The average Bonchev–Trinajstić information content (AvgIpc) is 1.44. The SMILES string of the molecule is CC(C)(C)c1ccc(N2c3cc(-c4c(-c5ccccc5)cccc4-c4ccccc4)cc4c3B(c3oc5ccc(C(C)(C)C)cc5c32)c2cc3c5ccccc5c5ccccc5c3c3c5c6c7ccccc7c7ccccc7c6ccc5n-4c23)cc1. The number of benzene rings is 14. The summed E-state index contributed by atoms with van der Waals surface area (Å²) in [4.78, 5) is 2.58. The highest BCUT2D eigenvalue weighted by atomic mass is 16.3. The van der Waals surface area contributed by atoms with E-state index in [9.17, 15) is 0 Å². The summed E-state index contributed by atoms with van der Waals surface area (Å²) in [5.41, 5.74) is 20.7. The van der Waals surface area contributed by atoms with Crippen LogP contribution in [-0.4, -0.2) is 11.3 Å². The number of hydrogen-bond donors (Lipinski definition) is 0. The Bertz CT molecular complexity index is 5510. The number of aromatic nitrogens is 1. The van der Waals surface area contributed by atoms with E-state index >= 15 is 0 Å². The highest BCUT2D eigenvalue weighted by Gasteiger charge is 2.47.